The van der Waals surface area contributed by atoms with Crippen molar-refractivity contribution < 1.29 is 4.74 Å². The Morgan fingerprint density at radius 1 is 1.40 bits per heavy atom. The molecule has 3 nitrogen and oxygen atoms in total. The number of hydrogen-bond donors (Lipinski definition) is 1. The molecule has 0 spiro atoms. The summed E-state index contributed by atoms with van der Waals surface area (Å²) >= 11 is 7.08. The lowest BCUT2D eigenvalue weighted by atomic mass is 10.2. The minimum Gasteiger partial charge on any atom is -0.495 e. The maximum Gasteiger partial charge on any atom is 0.137 e. The molecule has 0 radical (unpaired) electrons. The highest BCUT2D eigenvalue weighted by molar-refractivity contribution is 9.11. The summed E-state index contributed by atoms with van der Waals surface area (Å²) in [5.74, 6) is 0.916. The van der Waals surface area contributed by atoms with Crippen LogP contribution in [0.15, 0.2) is 21.1 Å². The molecule has 0 aromatic heterocycles. The van der Waals surface area contributed by atoms with Gasteiger partial charge < -0.3 is 10.1 Å². The Bertz CT molecular complexity index is 454. The predicted octanol–water partition coefficient (Wildman–Crippen LogP) is 3.79. The molecule has 0 saturated carbocycles. The van der Waals surface area contributed by atoms with Gasteiger partial charge in [0.2, 0.25) is 0 Å². The van der Waals surface area contributed by atoms with Crippen LogP contribution in [0.5, 0.6) is 5.75 Å². The second-order valence-corrected chi connectivity index (χ2v) is 6.91. The van der Waals surface area contributed by atoms with E-state index in [0.717, 1.165) is 34.3 Å². The molecular formula is C15H22Br2N2O. The van der Waals surface area contributed by atoms with E-state index in [1.54, 1.807) is 7.11 Å². The van der Waals surface area contributed by atoms with Gasteiger partial charge >= 0.3 is 0 Å². The molecule has 0 bridgehead atoms. The van der Waals surface area contributed by atoms with E-state index in [9.17, 15) is 0 Å². The Morgan fingerprint density at radius 3 is 2.90 bits per heavy atom. The maximum absolute atomic E-state index is 5.48. The van der Waals surface area contributed by atoms with Crippen molar-refractivity contribution in [2.75, 3.05) is 26.7 Å². The molecule has 5 heteroatoms. The van der Waals surface area contributed by atoms with Crippen molar-refractivity contribution in [2.45, 2.75) is 32.4 Å². The van der Waals surface area contributed by atoms with E-state index in [4.69, 9.17) is 4.74 Å². The molecule has 1 aliphatic heterocycles. The van der Waals surface area contributed by atoms with Crippen LogP contribution in [0.1, 0.15) is 25.3 Å². The average molecular weight is 406 g/mol. The van der Waals surface area contributed by atoms with Gasteiger partial charge in [-0.15, -0.1) is 0 Å². The van der Waals surface area contributed by atoms with Gasteiger partial charge in [-0.25, -0.2) is 0 Å². The first kappa shape index (κ1) is 16.3. The van der Waals surface area contributed by atoms with Crippen LogP contribution in [0.2, 0.25) is 0 Å². The number of ether oxygens (including phenoxy) is 1. The molecule has 112 valence electrons. The lowest BCUT2D eigenvalue weighted by Crippen LogP contribution is -2.37. The summed E-state index contributed by atoms with van der Waals surface area (Å²) in [6.45, 7) is 6.51. The van der Waals surface area contributed by atoms with E-state index in [-0.39, 0.29) is 0 Å². The number of halogens is 2. The third-order valence-corrected chi connectivity index (χ3v) is 4.94. The normalized spacial score (nSPS) is 19.5. The van der Waals surface area contributed by atoms with Gasteiger partial charge in [-0.2, -0.15) is 0 Å². The van der Waals surface area contributed by atoms with Gasteiger partial charge in [-0.05, 0) is 54.0 Å². The van der Waals surface area contributed by atoms with Crippen LogP contribution in [0, 0.1) is 0 Å². The number of benzene rings is 1. The first-order valence-electron chi connectivity index (χ1n) is 7.12. The van der Waals surface area contributed by atoms with Gasteiger partial charge in [0.15, 0.2) is 0 Å². The zero-order valence-electron chi connectivity index (χ0n) is 12.1. The summed E-state index contributed by atoms with van der Waals surface area (Å²) < 4.78 is 7.53. The summed E-state index contributed by atoms with van der Waals surface area (Å²) in [6, 6.07) is 4.81. The van der Waals surface area contributed by atoms with Crippen molar-refractivity contribution in [3.63, 3.8) is 0 Å². The van der Waals surface area contributed by atoms with E-state index in [1.165, 1.54) is 24.9 Å². The standard InChI is InChI=1S/C15H22Br2N2O/c1-3-19-6-4-5-13(19)10-18-9-11-7-12(16)8-14(17)15(11)20-2/h7-8,13,18H,3-6,9-10H2,1-2H3. The predicted molar refractivity (Wildman–Crippen MR) is 90.4 cm³/mol. The fourth-order valence-corrected chi connectivity index (χ4v) is 4.37. The summed E-state index contributed by atoms with van der Waals surface area (Å²) in [7, 11) is 1.72. The van der Waals surface area contributed by atoms with Crippen molar-refractivity contribution >= 4 is 31.9 Å². The second-order valence-electron chi connectivity index (χ2n) is 5.14. The number of likely N-dealkylation sites (tertiary alicyclic amines) is 1. The van der Waals surface area contributed by atoms with Crippen molar-refractivity contribution in [2.24, 2.45) is 0 Å². The third-order valence-electron chi connectivity index (χ3n) is 3.89. The Labute approximate surface area is 138 Å². The molecule has 1 saturated heterocycles. The van der Waals surface area contributed by atoms with Gasteiger partial charge in [0, 0.05) is 29.2 Å². The third kappa shape index (κ3) is 3.97. The SMILES string of the molecule is CCN1CCCC1CNCc1cc(Br)cc(Br)c1OC. The van der Waals surface area contributed by atoms with Gasteiger partial charge in [-0.3, -0.25) is 4.90 Å². The Hall–Kier alpha value is -0.100. The summed E-state index contributed by atoms with van der Waals surface area (Å²) in [5.41, 5.74) is 1.18. The van der Waals surface area contributed by atoms with E-state index in [1.807, 2.05) is 6.07 Å². The molecule has 1 N–H and O–H groups in total. The van der Waals surface area contributed by atoms with Gasteiger partial charge in [-0.1, -0.05) is 22.9 Å². The molecular weight excluding hydrogens is 384 g/mol. The van der Waals surface area contributed by atoms with E-state index in [0.29, 0.717) is 6.04 Å². The van der Waals surface area contributed by atoms with Crippen LogP contribution >= 0.6 is 31.9 Å². The summed E-state index contributed by atoms with van der Waals surface area (Å²) in [4.78, 5) is 2.56. The highest BCUT2D eigenvalue weighted by Crippen LogP contribution is 2.32. The first-order chi connectivity index (χ1) is 9.65. The van der Waals surface area contributed by atoms with Crippen LogP contribution in [-0.4, -0.2) is 37.7 Å². The van der Waals surface area contributed by atoms with Crippen molar-refractivity contribution in [1.29, 1.82) is 0 Å². The van der Waals surface area contributed by atoms with E-state index >= 15 is 0 Å². The second kappa shape index (κ2) is 7.78. The lowest BCUT2D eigenvalue weighted by molar-refractivity contribution is 0.259. The topological polar surface area (TPSA) is 24.5 Å². The fraction of sp³-hybridized carbons (Fsp3) is 0.600. The molecule has 0 aliphatic carbocycles. The number of methoxy groups -OCH3 is 1. The van der Waals surface area contributed by atoms with E-state index in [2.05, 4.69) is 55.1 Å². The number of hydrogen-bond acceptors (Lipinski definition) is 3. The Morgan fingerprint density at radius 2 is 2.20 bits per heavy atom. The van der Waals surface area contributed by atoms with Crippen LogP contribution < -0.4 is 10.1 Å². The Balaban J connectivity index is 1.94. The van der Waals surface area contributed by atoms with E-state index < -0.39 is 0 Å². The van der Waals surface area contributed by atoms with Crippen molar-refractivity contribution in [3.05, 3.63) is 26.6 Å². The average Bonchev–Trinajstić information content (AvgIpc) is 2.86. The van der Waals surface area contributed by atoms with Crippen LogP contribution in [0.25, 0.3) is 0 Å². The minimum atomic E-state index is 0.682. The fourth-order valence-electron chi connectivity index (χ4n) is 2.89. The van der Waals surface area contributed by atoms with Crippen LogP contribution in [0.4, 0.5) is 0 Å². The molecule has 1 fully saturated rings. The Kier molecular flexibility index (Phi) is 6.33. The van der Waals surface area contributed by atoms with Crippen LogP contribution in [0.3, 0.4) is 0 Å². The highest BCUT2D eigenvalue weighted by Gasteiger charge is 2.22. The van der Waals surface area contributed by atoms with Crippen LogP contribution in [-0.2, 0) is 6.54 Å². The largest absolute Gasteiger partial charge is 0.495 e. The monoisotopic (exact) mass is 404 g/mol. The van der Waals surface area contributed by atoms with Gasteiger partial charge in [0.25, 0.3) is 0 Å². The number of rotatable bonds is 6. The zero-order chi connectivity index (χ0) is 14.5. The zero-order valence-corrected chi connectivity index (χ0v) is 15.3. The molecule has 1 aromatic carbocycles. The summed E-state index contributed by atoms with van der Waals surface area (Å²) in [5, 5.41) is 3.57. The van der Waals surface area contributed by atoms with Gasteiger partial charge in [0.1, 0.15) is 5.75 Å². The number of nitrogens with one attached hydrogen (secondary N) is 1. The molecule has 1 aromatic rings. The molecule has 2 rings (SSSR count). The quantitative estimate of drug-likeness (QED) is 0.778. The molecule has 1 unspecified atom stereocenters. The molecule has 1 heterocycles. The molecule has 1 aliphatic rings. The molecule has 1 atom stereocenters. The number of likely N-dealkylation sites (N-methyl/N-ethyl adjacent to an activating group) is 1. The smallest absolute Gasteiger partial charge is 0.137 e. The minimum absolute atomic E-state index is 0.682. The summed E-state index contributed by atoms with van der Waals surface area (Å²) in [6.07, 6.45) is 2.63. The maximum atomic E-state index is 5.48. The van der Waals surface area contributed by atoms with Crippen molar-refractivity contribution in [1.82, 2.24) is 10.2 Å². The molecule has 20 heavy (non-hydrogen) atoms. The lowest BCUT2D eigenvalue weighted by Gasteiger charge is -2.23. The number of nitrogens with zero attached hydrogens (tertiary/aromatic N) is 1. The molecule has 0 amide bonds. The van der Waals surface area contributed by atoms with Gasteiger partial charge in [0.05, 0.1) is 11.6 Å². The van der Waals surface area contributed by atoms with Crippen molar-refractivity contribution in [3.8, 4) is 5.75 Å². The highest BCUT2D eigenvalue weighted by atomic mass is 79.9. The first-order valence-corrected chi connectivity index (χ1v) is 8.71.